The van der Waals surface area contributed by atoms with Gasteiger partial charge in [-0.25, -0.2) is 0 Å². The van der Waals surface area contributed by atoms with Gasteiger partial charge >= 0.3 is 7.82 Å². The van der Waals surface area contributed by atoms with Gasteiger partial charge in [0.05, 0.1) is 0 Å². The van der Waals surface area contributed by atoms with Crippen molar-refractivity contribution in [2.75, 3.05) is 0 Å². The number of hydrogen-bond acceptors (Lipinski definition) is 5. The van der Waals surface area contributed by atoms with E-state index in [4.69, 9.17) is 13.6 Å². The van der Waals surface area contributed by atoms with Crippen LogP contribution in [0.5, 0.6) is 23.0 Å². The number of phosphoric acid groups is 1. The van der Waals surface area contributed by atoms with Crippen molar-refractivity contribution in [1.82, 2.24) is 0 Å². The van der Waals surface area contributed by atoms with Gasteiger partial charge in [0, 0.05) is 0 Å². The first-order valence-corrected chi connectivity index (χ1v) is 9.49. The predicted molar refractivity (Wildman–Crippen MR) is 100.0 cm³/mol. The number of hydrogen-bond donors (Lipinski definition) is 1. The summed E-state index contributed by atoms with van der Waals surface area (Å²) in [4.78, 5) is 0. The second-order valence-corrected chi connectivity index (χ2v) is 7.29. The molecule has 5 nitrogen and oxygen atoms in total. The number of rotatable bonds is 6. The van der Waals surface area contributed by atoms with E-state index in [1.54, 1.807) is 36.4 Å². The van der Waals surface area contributed by atoms with Crippen LogP contribution < -0.4 is 13.6 Å². The molecule has 0 aliphatic heterocycles. The Balaban J connectivity index is 1.91. The van der Waals surface area contributed by atoms with Gasteiger partial charge in [-0.2, -0.15) is 4.57 Å². The summed E-state index contributed by atoms with van der Waals surface area (Å²) in [7, 11) is -4.02. The molecule has 0 aliphatic carbocycles. The van der Waals surface area contributed by atoms with Crippen molar-refractivity contribution in [2.45, 2.75) is 13.8 Å². The maximum absolute atomic E-state index is 13.3. The van der Waals surface area contributed by atoms with Crippen LogP contribution in [0.25, 0.3) is 0 Å². The minimum Gasteiger partial charge on any atom is -0.508 e. The molecule has 26 heavy (non-hydrogen) atoms. The normalized spacial score (nSPS) is 12.8. The standard InChI is InChI=1S/C20H19O5P/c1-15-12-16(2)14-20(13-15)25-26(22,23-18-6-4-3-5-7-18)24-19-10-8-17(21)9-11-19/h3-14,21H,1-2H3. The van der Waals surface area contributed by atoms with Gasteiger partial charge in [-0.1, -0.05) is 24.3 Å². The monoisotopic (exact) mass is 370 g/mol. The van der Waals surface area contributed by atoms with E-state index in [9.17, 15) is 9.67 Å². The Kier molecular flexibility index (Phi) is 5.19. The first-order chi connectivity index (χ1) is 12.4. The molecule has 0 heterocycles. The van der Waals surface area contributed by atoms with Crippen LogP contribution in [0.15, 0.2) is 72.8 Å². The molecule has 0 spiro atoms. The fourth-order valence-corrected chi connectivity index (χ4v) is 3.65. The lowest BCUT2D eigenvalue weighted by atomic mass is 10.1. The van der Waals surface area contributed by atoms with Crippen LogP contribution in [0.1, 0.15) is 11.1 Å². The topological polar surface area (TPSA) is 65.0 Å². The van der Waals surface area contributed by atoms with Gasteiger partial charge in [-0.15, -0.1) is 0 Å². The quantitative estimate of drug-likeness (QED) is 0.568. The highest BCUT2D eigenvalue weighted by Crippen LogP contribution is 2.50. The Labute approximate surface area is 152 Å². The van der Waals surface area contributed by atoms with Crippen molar-refractivity contribution in [3.8, 4) is 23.0 Å². The average molecular weight is 370 g/mol. The first kappa shape index (κ1) is 17.9. The molecule has 134 valence electrons. The van der Waals surface area contributed by atoms with Crippen molar-refractivity contribution < 1.29 is 23.2 Å². The summed E-state index contributed by atoms with van der Waals surface area (Å²) in [6.45, 7) is 3.84. The van der Waals surface area contributed by atoms with E-state index in [1.807, 2.05) is 26.0 Å². The summed E-state index contributed by atoms with van der Waals surface area (Å²) in [5.41, 5.74) is 1.94. The van der Waals surface area contributed by atoms with Gasteiger partial charge in [0.15, 0.2) is 0 Å². The lowest BCUT2D eigenvalue weighted by molar-refractivity contribution is 0.298. The molecule has 0 fully saturated rings. The zero-order valence-corrected chi connectivity index (χ0v) is 15.4. The third-order valence-corrected chi connectivity index (χ3v) is 4.73. The zero-order valence-electron chi connectivity index (χ0n) is 14.5. The summed E-state index contributed by atoms with van der Waals surface area (Å²) >= 11 is 0. The SMILES string of the molecule is Cc1cc(C)cc(OP(=O)(Oc2ccccc2)Oc2ccc(O)cc2)c1. The maximum atomic E-state index is 13.3. The molecule has 3 aromatic rings. The number of para-hydroxylation sites is 1. The molecule has 0 bridgehead atoms. The molecule has 1 atom stereocenters. The van der Waals surface area contributed by atoms with Gasteiger partial charge in [0.1, 0.15) is 23.0 Å². The van der Waals surface area contributed by atoms with Crippen molar-refractivity contribution in [3.05, 3.63) is 83.9 Å². The number of aromatic hydroxyl groups is 1. The number of phenolic OH excluding ortho intramolecular Hbond substituents is 1. The Hall–Kier alpha value is -2.91. The molecule has 1 unspecified atom stereocenters. The van der Waals surface area contributed by atoms with Crippen LogP contribution in [0.4, 0.5) is 0 Å². The Morgan fingerprint density at radius 1 is 0.692 bits per heavy atom. The lowest BCUT2D eigenvalue weighted by Gasteiger charge is -2.20. The fourth-order valence-electron chi connectivity index (χ4n) is 2.42. The third-order valence-electron chi connectivity index (χ3n) is 3.43. The van der Waals surface area contributed by atoms with Gasteiger partial charge < -0.3 is 18.7 Å². The average Bonchev–Trinajstić information content (AvgIpc) is 2.56. The van der Waals surface area contributed by atoms with E-state index >= 15 is 0 Å². The minimum absolute atomic E-state index is 0.0754. The molecule has 0 radical (unpaired) electrons. The Morgan fingerprint density at radius 2 is 1.19 bits per heavy atom. The fraction of sp³-hybridized carbons (Fsp3) is 0.100. The summed E-state index contributed by atoms with van der Waals surface area (Å²) in [5.74, 6) is 1.08. The van der Waals surface area contributed by atoms with E-state index in [-0.39, 0.29) is 11.5 Å². The highest BCUT2D eigenvalue weighted by Gasteiger charge is 2.33. The van der Waals surface area contributed by atoms with E-state index < -0.39 is 7.82 Å². The maximum Gasteiger partial charge on any atom is 0.647 e. The molecular formula is C20H19O5P. The smallest absolute Gasteiger partial charge is 0.508 e. The van der Waals surface area contributed by atoms with E-state index in [1.165, 1.54) is 24.3 Å². The van der Waals surface area contributed by atoms with Crippen LogP contribution in [-0.2, 0) is 4.57 Å². The highest BCUT2D eigenvalue weighted by atomic mass is 31.2. The van der Waals surface area contributed by atoms with Gasteiger partial charge in [-0.3, -0.25) is 0 Å². The van der Waals surface area contributed by atoms with Gasteiger partial charge in [-0.05, 0) is 73.5 Å². The van der Waals surface area contributed by atoms with Crippen molar-refractivity contribution in [3.63, 3.8) is 0 Å². The molecule has 0 saturated carbocycles. The van der Waals surface area contributed by atoms with Gasteiger partial charge in [0.2, 0.25) is 0 Å². The minimum atomic E-state index is -4.02. The summed E-state index contributed by atoms with van der Waals surface area (Å²) in [5, 5.41) is 9.40. The van der Waals surface area contributed by atoms with Crippen molar-refractivity contribution in [2.24, 2.45) is 0 Å². The highest BCUT2D eigenvalue weighted by molar-refractivity contribution is 7.49. The molecule has 0 saturated heterocycles. The second kappa shape index (κ2) is 7.54. The molecule has 3 aromatic carbocycles. The summed E-state index contributed by atoms with van der Waals surface area (Å²) < 4.78 is 30.1. The van der Waals surface area contributed by atoms with Gasteiger partial charge in [0.25, 0.3) is 0 Å². The number of aryl methyl sites for hydroxylation is 2. The third kappa shape index (κ3) is 4.80. The largest absolute Gasteiger partial charge is 0.647 e. The van der Waals surface area contributed by atoms with E-state index in [0.29, 0.717) is 11.5 Å². The number of phosphoric ester groups is 1. The van der Waals surface area contributed by atoms with Crippen LogP contribution in [0, 0.1) is 13.8 Å². The van der Waals surface area contributed by atoms with Crippen molar-refractivity contribution >= 4 is 7.82 Å². The van der Waals surface area contributed by atoms with Crippen molar-refractivity contribution in [1.29, 1.82) is 0 Å². The molecule has 3 rings (SSSR count). The van der Waals surface area contributed by atoms with Crippen LogP contribution in [0.2, 0.25) is 0 Å². The zero-order chi connectivity index (χ0) is 18.6. The summed E-state index contributed by atoms with van der Waals surface area (Å²) in [6.07, 6.45) is 0. The first-order valence-electron chi connectivity index (χ1n) is 8.03. The molecule has 0 amide bonds. The number of benzene rings is 3. The predicted octanol–water partition coefficient (Wildman–Crippen LogP) is 5.65. The van der Waals surface area contributed by atoms with Crippen LogP contribution >= 0.6 is 7.82 Å². The lowest BCUT2D eigenvalue weighted by Crippen LogP contribution is -2.07. The Morgan fingerprint density at radius 3 is 1.77 bits per heavy atom. The molecule has 1 N–H and O–H groups in total. The second-order valence-electron chi connectivity index (χ2n) is 5.85. The molecule has 0 aromatic heterocycles. The van der Waals surface area contributed by atoms with Crippen LogP contribution in [0.3, 0.4) is 0 Å². The van der Waals surface area contributed by atoms with E-state index in [2.05, 4.69) is 0 Å². The van der Waals surface area contributed by atoms with E-state index in [0.717, 1.165) is 11.1 Å². The Bertz CT molecular complexity index is 902. The molecule has 6 heteroatoms. The number of phenols is 1. The summed E-state index contributed by atoms with van der Waals surface area (Å²) in [6, 6.07) is 20.0. The molecular weight excluding hydrogens is 351 g/mol. The van der Waals surface area contributed by atoms with Crippen LogP contribution in [-0.4, -0.2) is 5.11 Å². The molecule has 0 aliphatic rings.